The number of benzene rings is 4. The molecule has 4 aromatic rings. The van der Waals surface area contributed by atoms with Crippen molar-refractivity contribution in [2.24, 2.45) is 0 Å². The maximum absolute atomic E-state index is 13.3. The highest BCUT2D eigenvalue weighted by atomic mass is 32.2. The number of ketones is 1. The summed E-state index contributed by atoms with van der Waals surface area (Å²) in [6.45, 7) is 0. The molecule has 0 aromatic heterocycles. The predicted octanol–water partition coefficient (Wildman–Crippen LogP) is 5.12. The first-order chi connectivity index (χ1) is 16.7. The average molecular weight is 501 g/mol. The molecule has 0 radical (unpaired) electrons. The van der Waals surface area contributed by atoms with Gasteiger partial charge < -0.3 is 5.11 Å². The topological polar surface area (TPSA) is 106 Å². The highest BCUT2D eigenvalue weighted by Gasteiger charge is 2.40. The Hall–Kier alpha value is -4.01. The van der Waals surface area contributed by atoms with Gasteiger partial charge in [-0.1, -0.05) is 66.7 Å². The third kappa shape index (κ3) is 2.90. The Bertz CT molecular complexity index is 1940. The Morgan fingerprint density at radius 2 is 1.20 bits per heavy atom. The zero-order valence-corrected chi connectivity index (χ0v) is 19.6. The average Bonchev–Trinajstić information content (AvgIpc) is 3.17. The Morgan fingerprint density at radius 3 is 1.83 bits per heavy atom. The lowest BCUT2D eigenvalue weighted by Crippen LogP contribution is -2.02. The van der Waals surface area contributed by atoms with Crippen molar-refractivity contribution in [3.05, 3.63) is 112 Å². The first-order valence-corrected chi connectivity index (χ1v) is 13.6. The fraction of sp³-hybridized carbons (Fsp3) is 0. The first kappa shape index (κ1) is 21.5. The molecule has 2 heterocycles. The molecule has 2 aliphatic heterocycles. The number of hydrogen-bond donors (Lipinski definition) is 1. The molecule has 0 atom stereocenters. The molecule has 0 saturated carbocycles. The van der Waals surface area contributed by atoms with Crippen LogP contribution >= 0.6 is 0 Å². The van der Waals surface area contributed by atoms with Crippen molar-refractivity contribution in [2.45, 2.75) is 9.79 Å². The van der Waals surface area contributed by atoms with Crippen molar-refractivity contribution >= 4 is 52.8 Å². The number of rotatable bonds is 2. The molecule has 35 heavy (non-hydrogen) atoms. The van der Waals surface area contributed by atoms with E-state index < -0.39 is 36.1 Å². The van der Waals surface area contributed by atoms with Crippen LogP contribution in [0.4, 0.5) is 0 Å². The molecule has 0 aliphatic carbocycles. The number of aliphatic hydroxyl groups is 1. The van der Waals surface area contributed by atoms with Crippen LogP contribution in [-0.2, 0) is 19.7 Å². The summed E-state index contributed by atoms with van der Waals surface area (Å²) >= 11 is 0. The summed E-state index contributed by atoms with van der Waals surface area (Å²) in [5.74, 6) is -1.08. The van der Waals surface area contributed by atoms with Gasteiger partial charge in [0.05, 0.1) is 9.79 Å². The zero-order chi connectivity index (χ0) is 24.5. The van der Waals surface area contributed by atoms with E-state index >= 15 is 0 Å². The molecule has 8 heteroatoms. The van der Waals surface area contributed by atoms with Gasteiger partial charge in [0.1, 0.15) is 15.6 Å². The lowest BCUT2D eigenvalue weighted by molar-refractivity contribution is 0.104. The third-order valence-corrected chi connectivity index (χ3v) is 10.1. The summed E-state index contributed by atoms with van der Waals surface area (Å²) < 4.78 is 53.1. The smallest absolute Gasteiger partial charge is 0.211 e. The van der Waals surface area contributed by atoms with Gasteiger partial charge in [0.25, 0.3) is 0 Å². The van der Waals surface area contributed by atoms with E-state index in [1.54, 1.807) is 60.7 Å². The lowest BCUT2D eigenvalue weighted by atomic mass is 10.0. The molecule has 0 saturated heterocycles. The molecular weight excluding hydrogens is 484 g/mol. The fourth-order valence-corrected chi connectivity index (χ4v) is 8.25. The molecule has 2 aliphatic rings. The molecule has 0 spiro atoms. The number of fused-ring (bicyclic) bond motifs is 6. The third-order valence-electron chi connectivity index (χ3n) is 6.33. The molecule has 0 bridgehead atoms. The fourth-order valence-electron chi connectivity index (χ4n) is 4.72. The predicted molar refractivity (Wildman–Crippen MR) is 133 cm³/mol. The highest BCUT2D eigenvalue weighted by molar-refractivity contribution is 7.97. The molecule has 0 unspecified atom stereocenters. The van der Waals surface area contributed by atoms with E-state index in [9.17, 15) is 26.7 Å². The number of carbonyl (C=O) groups is 1. The van der Waals surface area contributed by atoms with Crippen LogP contribution in [0.1, 0.15) is 15.9 Å². The maximum atomic E-state index is 13.3. The zero-order valence-electron chi connectivity index (χ0n) is 18.0. The van der Waals surface area contributed by atoms with Crippen LogP contribution in [-0.4, -0.2) is 27.7 Å². The number of carbonyl (C=O) groups excluding carboxylic acids is 1. The van der Waals surface area contributed by atoms with Gasteiger partial charge in [-0.25, -0.2) is 16.8 Å². The van der Waals surface area contributed by atoms with Crippen molar-refractivity contribution in [3.63, 3.8) is 0 Å². The van der Waals surface area contributed by atoms with Crippen LogP contribution in [0, 0.1) is 0 Å². The first-order valence-electron chi connectivity index (χ1n) is 10.6. The molecule has 172 valence electrons. The second kappa shape index (κ2) is 7.24. The standard InChI is InChI=1S/C27H16O6S2/c28-24-20-14-12-16-6-1-3-8-18(16)26(20)34(30,31)22(24)10-5-11-23-25(29)21-15-13-17-7-2-4-9-19(17)27(21)35(23,32)33/h1-15,28H. The van der Waals surface area contributed by atoms with Crippen molar-refractivity contribution in [3.8, 4) is 0 Å². The van der Waals surface area contributed by atoms with Crippen molar-refractivity contribution in [1.82, 2.24) is 0 Å². The van der Waals surface area contributed by atoms with Crippen LogP contribution in [0.25, 0.3) is 27.3 Å². The van der Waals surface area contributed by atoms with E-state index in [0.717, 1.165) is 12.2 Å². The van der Waals surface area contributed by atoms with Crippen LogP contribution in [0.2, 0.25) is 0 Å². The summed E-state index contributed by atoms with van der Waals surface area (Å²) in [5, 5.41) is 13.0. The van der Waals surface area contributed by atoms with Gasteiger partial charge in [-0.05, 0) is 35.1 Å². The van der Waals surface area contributed by atoms with Crippen molar-refractivity contribution in [1.29, 1.82) is 0 Å². The Labute approximate surface area is 201 Å². The van der Waals surface area contributed by atoms with E-state index in [-0.39, 0.29) is 25.8 Å². The van der Waals surface area contributed by atoms with Gasteiger partial charge in [0.2, 0.25) is 25.5 Å². The van der Waals surface area contributed by atoms with E-state index in [0.29, 0.717) is 21.5 Å². The maximum Gasteiger partial charge on any atom is 0.211 e. The van der Waals surface area contributed by atoms with Gasteiger partial charge in [0, 0.05) is 21.9 Å². The summed E-state index contributed by atoms with van der Waals surface area (Å²) in [6.07, 6.45) is 3.38. The molecular formula is C27H16O6S2. The monoisotopic (exact) mass is 500 g/mol. The van der Waals surface area contributed by atoms with Gasteiger partial charge in [0.15, 0.2) is 0 Å². The number of sulfone groups is 2. The van der Waals surface area contributed by atoms with Crippen LogP contribution in [0.15, 0.2) is 111 Å². The minimum absolute atomic E-state index is 0.00356. The summed E-state index contributed by atoms with van der Waals surface area (Å²) in [6, 6.07) is 20.3. The summed E-state index contributed by atoms with van der Waals surface area (Å²) in [7, 11) is -8.17. The molecule has 0 fully saturated rings. The summed E-state index contributed by atoms with van der Waals surface area (Å²) in [4.78, 5) is 12.1. The largest absolute Gasteiger partial charge is 0.506 e. The van der Waals surface area contributed by atoms with Crippen molar-refractivity contribution < 1.29 is 26.7 Å². The van der Waals surface area contributed by atoms with Gasteiger partial charge in [-0.15, -0.1) is 0 Å². The SMILES string of the molecule is O=C1C(=CC=CC2=C(O)c3ccc4ccccc4c3S2(=O)=O)S(=O)(=O)c2c1ccc1ccccc21. The van der Waals surface area contributed by atoms with E-state index in [1.807, 2.05) is 0 Å². The van der Waals surface area contributed by atoms with E-state index in [1.165, 1.54) is 18.2 Å². The second-order valence-electron chi connectivity index (χ2n) is 8.27. The number of aliphatic hydroxyl groups excluding tert-OH is 1. The van der Waals surface area contributed by atoms with Crippen LogP contribution < -0.4 is 0 Å². The number of Topliss-reactive ketones (excluding diaryl/α,β-unsaturated/α-hetero) is 1. The highest BCUT2D eigenvalue weighted by Crippen LogP contribution is 2.43. The van der Waals surface area contributed by atoms with E-state index in [2.05, 4.69) is 0 Å². The molecule has 6 nitrogen and oxygen atoms in total. The second-order valence-corrected chi connectivity index (χ2v) is 12.0. The van der Waals surface area contributed by atoms with Crippen LogP contribution in [0.5, 0.6) is 0 Å². The lowest BCUT2D eigenvalue weighted by Gasteiger charge is -2.05. The Morgan fingerprint density at radius 1 is 0.657 bits per heavy atom. The van der Waals surface area contributed by atoms with Gasteiger partial charge in [-0.2, -0.15) is 0 Å². The van der Waals surface area contributed by atoms with Crippen LogP contribution in [0.3, 0.4) is 0 Å². The van der Waals surface area contributed by atoms with Gasteiger partial charge in [-0.3, -0.25) is 4.79 Å². The van der Waals surface area contributed by atoms with Gasteiger partial charge >= 0.3 is 0 Å². The quantitative estimate of drug-likeness (QED) is 0.383. The molecule has 1 N–H and O–H groups in total. The number of allylic oxidation sites excluding steroid dienone is 4. The normalized spacial score (nSPS) is 19.2. The summed E-state index contributed by atoms with van der Waals surface area (Å²) in [5.41, 5.74) is 0.261. The molecule has 0 amide bonds. The Kier molecular flexibility index (Phi) is 4.45. The Balaban J connectivity index is 1.45. The molecule has 6 rings (SSSR count). The minimum atomic E-state index is -4.11. The van der Waals surface area contributed by atoms with Crippen molar-refractivity contribution in [2.75, 3.05) is 0 Å². The van der Waals surface area contributed by atoms with E-state index in [4.69, 9.17) is 0 Å². The molecule has 4 aromatic carbocycles. The minimum Gasteiger partial charge on any atom is -0.506 e. The number of hydrogen-bond acceptors (Lipinski definition) is 6.